The van der Waals surface area contributed by atoms with E-state index in [2.05, 4.69) is 10.6 Å². The van der Waals surface area contributed by atoms with Crippen LogP contribution in [0.2, 0.25) is 0 Å². The summed E-state index contributed by atoms with van der Waals surface area (Å²) in [7, 11) is 0. The number of hydrogen-bond donors (Lipinski definition) is 3. The van der Waals surface area contributed by atoms with Crippen molar-refractivity contribution < 1.29 is 24.2 Å². The van der Waals surface area contributed by atoms with Gasteiger partial charge in [0.15, 0.2) is 0 Å². The van der Waals surface area contributed by atoms with Crippen molar-refractivity contribution >= 4 is 34.2 Å². The molecule has 3 heterocycles. The molecule has 204 valence electrons. The van der Waals surface area contributed by atoms with Crippen molar-refractivity contribution in [2.24, 2.45) is 17.8 Å². The number of rotatable bonds is 9. The zero-order valence-electron chi connectivity index (χ0n) is 22.7. The number of carbonyl (C=O) groups is 3. The Morgan fingerprint density at radius 3 is 2.55 bits per heavy atom. The molecule has 8 nitrogen and oxygen atoms in total. The van der Waals surface area contributed by atoms with Crippen molar-refractivity contribution in [2.45, 2.75) is 76.7 Å². The number of amides is 3. The fourth-order valence-corrected chi connectivity index (χ4v) is 7.11. The van der Waals surface area contributed by atoms with E-state index in [1.165, 1.54) is 0 Å². The number of ether oxygens (including phenoxy) is 1. The minimum atomic E-state index is -1.12. The van der Waals surface area contributed by atoms with Crippen LogP contribution in [0, 0.1) is 17.8 Å². The maximum absolute atomic E-state index is 14.2. The molecule has 0 aromatic heterocycles. The first-order valence-electron chi connectivity index (χ1n) is 13.9. The zero-order valence-corrected chi connectivity index (χ0v) is 22.7. The number of aliphatic hydroxyl groups is 1. The molecule has 3 aliphatic rings. The van der Waals surface area contributed by atoms with E-state index < -0.39 is 35.1 Å². The number of hydrogen-bond acceptors (Lipinski definition) is 5. The molecule has 8 heteroatoms. The second-order valence-corrected chi connectivity index (χ2v) is 11.8. The summed E-state index contributed by atoms with van der Waals surface area (Å²) in [6.07, 6.45) is 2.41. The molecule has 2 unspecified atom stereocenters. The van der Waals surface area contributed by atoms with Crippen molar-refractivity contribution in [3.8, 4) is 0 Å². The molecule has 38 heavy (non-hydrogen) atoms. The van der Waals surface area contributed by atoms with E-state index in [9.17, 15) is 19.5 Å². The normalized spacial score (nSPS) is 30.6. The van der Waals surface area contributed by atoms with Crippen LogP contribution in [-0.4, -0.2) is 64.2 Å². The van der Waals surface area contributed by atoms with Gasteiger partial charge in [-0.3, -0.25) is 14.4 Å². The molecule has 3 aliphatic heterocycles. The topological polar surface area (TPSA) is 108 Å². The molecule has 6 atom stereocenters. The summed E-state index contributed by atoms with van der Waals surface area (Å²) in [5.74, 6) is -2.09. The van der Waals surface area contributed by atoms with Crippen molar-refractivity contribution in [1.29, 1.82) is 0 Å². The lowest BCUT2D eigenvalue weighted by Crippen LogP contribution is -2.56. The van der Waals surface area contributed by atoms with Gasteiger partial charge in [-0.25, -0.2) is 0 Å². The highest BCUT2D eigenvalue weighted by Gasteiger charge is 2.78. The van der Waals surface area contributed by atoms with Gasteiger partial charge in [0.2, 0.25) is 17.7 Å². The maximum Gasteiger partial charge on any atom is 0.250 e. The van der Waals surface area contributed by atoms with Gasteiger partial charge < -0.3 is 25.4 Å². The van der Waals surface area contributed by atoms with Crippen LogP contribution in [0.4, 0.5) is 5.69 Å². The number of anilines is 1. The first-order valence-corrected chi connectivity index (χ1v) is 13.9. The average molecular weight is 522 g/mol. The van der Waals surface area contributed by atoms with E-state index in [-0.39, 0.29) is 30.2 Å². The summed E-state index contributed by atoms with van der Waals surface area (Å²) < 4.78 is 6.66. The lowest BCUT2D eigenvalue weighted by Gasteiger charge is -2.37. The molecule has 2 bridgehead atoms. The summed E-state index contributed by atoms with van der Waals surface area (Å²) in [4.78, 5) is 43.3. The highest BCUT2D eigenvalue weighted by molar-refractivity contribution is 6.04. The second-order valence-electron chi connectivity index (χ2n) is 11.8. The molecule has 3 saturated heterocycles. The smallest absolute Gasteiger partial charge is 0.250 e. The number of carbonyl (C=O) groups excluding carboxylic acids is 3. The summed E-state index contributed by atoms with van der Waals surface area (Å²) in [5.41, 5.74) is -1.31. The molecule has 0 saturated carbocycles. The van der Waals surface area contributed by atoms with Crippen LogP contribution in [0.15, 0.2) is 42.5 Å². The van der Waals surface area contributed by atoms with Gasteiger partial charge in [0.05, 0.1) is 30.1 Å². The van der Waals surface area contributed by atoms with Crippen LogP contribution in [0.1, 0.15) is 53.4 Å². The summed E-state index contributed by atoms with van der Waals surface area (Å²) in [6.45, 7) is 8.17. The van der Waals surface area contributed by atoms with Gasteiger partial charge >= 0.3 is 0 Å². The second kappa shape index (κ2) is 9.97. The van der Waals surface area contributed by atoms with Gasteiger partial charge in [-0.05, 0) is 61.4 Å². The Hall–Kier alpha value is -2.97. The number of nitrogens with one attached hydrogen (secondary N) is 2. The highest BCUT2D eigenvalue weighted by Crippen LogP contribution is 2.63. The zero-order chi connectivity index (χ0) is 27.2. The van der Waals surface area contributed by atoms with E-state index in [4.69, 9.17) is 4.74 Å². The Bertz CT molecular complexity index is 1250. The van der Waals surface area contributed by atoms with Crippen LogP contribution < -0.4 is 10.6 Å². The SMILES string of the molecule is CCCNC(=O)[C@@H]1[C@H]2C(=O)N([C@@H](CO)CC(C)C)C(C(=O)Nc3ccc4ccccc4c3)C23CC[C@@]1(C)O3. The largest absolute Gasteiger partial charge is 0.394 e. The Labute approximate surface area is 224 Å². The van der Waals surface area contributed by atoms with E-state index in [0.717, 1.165) is 17.2 Å². The van der Waals surface area contributed by atoms with Crippen LogP contribution in [0.3, 0.4) is 0 Å². The third-order valence-electron chi connectivity index (χ3n) is 8.66. The summed E-state index contributed by atoms with van der Waals surface area (Å²) in [6, 6.07) is 12.1. The maximum atomic E-state index is 14.2. The minimum Gasteiger partial charge on any atom is -0.394 e. The van der Waals surface area contributed by atoms with E-state index >= 15 is 0 Å². The first-order chi connectivity index (χ1) is 18.1. The molecular weight excluding hydrogens is 482 g/mol. The van der Waals surface area contributed by atoms with Crippen LogP contribution in [0.5, 0.6) is 0 Å². The van der Waals surface area contributed by atoms with Gasteiger partial charge in [0.25, 0.3) is 0 Å². The van der Waals surface area contributed by atoms with Gasteiger partial charge in [-0.15, -0.1) is 0 Å². The Balaban J connectivity index is 1.54. The van der Waals surface area contributed by atoms with E-state index in [1.807, 2.05) is 70.2 Å². The molecule has 3 amide bonds. The summed E-state index contributed by atoms with van der Waals surface area (Å²) >= 11 is 0. The van der Waals surface area contributed by atoms with Crippen molar-refractivity contribution in [3.05, 3.63) is 42.5 Å². The van der Waals surface area contributed by atoms with Crippen LogP contribution in [0.25, 0.3) is 10.8 Å². The molecule has 0 radical (unpaired) electrons. The fourth-order valence-electron chi connectivity index (χ4n) is 7.11. The monoisotopic (exact) mass is 521 g/mol. The van der Waals surface area contributed by atoms with Gasteiger partial charge in [0, 0.05) is 12.2 Å². The predicted molar refractivity (Wildman–Crippen MR) is 145 cm³/mol. The molecule has 1 spiro atoms. The third kappa shape index (κ3) is 4.18. The predicted octanol–water partition coefficient (Wildman–Crippen LogP) is 3.48. The van der Waals surface area contributed by atoms with Gasteiger partial charge in [-0.1, -0.05) is 51.1 Å². The Kier molecular flexibility index (Phi) is 6.99. The molecule has 2 aromatic carbocycles. The van der Waals surface area contributed by atoms with Crippen molar-refractivity contribution in [2.75, 3.05) is 18.5 Å². The van der Waals surface area contributed by atoms with Crippen LogP contribution in [-0.2, 0) is 19.1 Å². The minimum absolute atomic E-state index is 0.195. The lowest BCUT2D eigenvalue weighted by atomic mass is 9.66. The number of nitrogens with zero attached hydrogens (tertiary/aromatic N) is 1. The molecule has 0 aliphatic carbocycles. The van der Waals surface area contributed by atoms with E-state index in [1.54, 1.807) is 4.90 Å². The number of fused-ring (bicyclic) bond motifs is 2. The molecule has 5 rings (SSSR count). The van der Waals surface area contributed by atoms with Crippen molar-refractivity contribution in [3.63, 3.8) is 0 Å². The average Bonchev–Trinajstić information content (AvgIpc) is 3.46. The molecule has 3 N–H and O–H groups in total. The van der Waals surface area contributed by atoms with Crippen molar-refractivity contribution in [1.82, 2.24) is 10.2 Å². The van der Waals surface area contributed by atoms with E-state index in [0.29, 0.717) is 31.5 Å². The number of benzene rings is 2. The van der Waals surface area contributed by atoms with Gasteiger partial charge in [0.1, 0.15) is 11.6 Å². The van der Waals surface area contributed by atoms with Gasteiger partial charge in [-0.2, -0.15) is 0 Å². The highest BCUT2D eigenvalue weighted by atomic mass is 16.5. The third-order valence-corrected chi connectivity index (χ3v) is 8.66. The fraction of sp³-hybridized carbons (Fsp3) is 0.567. The molecule has 3 fully saturated rings. The Morgan fingerprint density at radius 2 is 1.87 bits per heavy atom. The molecular formula is C30H39N3O5. The quantitative estimate of drug-likeness (QED) is 0.468. The number of likely N-dealkylation sites (tertiary alicyclic amines) is 1. The summed E-state index contributed by atoms with van der Waals surface area (Å²) in [5, 5.41) is 18.5. The standard InChI is InChI=1S/C30H39N3O5/c1-5-14-31-26(35)23-24-28(37)33(22(17-34)15-18(2)3)25(30(24)13-12-29(23,4)38-30)27(36)32-21-11-10-19-8-6-7-9-20(19)16-21/h6-11,16,18,22-25,34H,5,12-15,17H2,1-4H3,(H,31,35)(H,32,36)/t22-,23+,24+,25?,29-,30?/m1/s1. The first kappa shape index (κ1) is 26.6. The van der Waals surface area contributed by atoms with Crippen LogP contribution >= 0.6 is 0 Å². The lowest BCUT2D eigenvalue weighted by molar-refractivity contribution is -0.148. The molecule has 2 aromatic rings. The number of aliphatic hydroxyl groups excluding tert-OH is 1. The Morgan fingerprint density at radius 1 is 1.13 bits per heavy atom.